The molecule has 1 aliphatic rings. The van der Waals surface area contributed by atoms with E-state index in [0.717, 1.165) is 46.4 Å². The second-order valence-electron chi connectivity index (χ2n) is 10.3. The fourth-order valence-electron chi connectivity index (χ4n) is 5.30. The van der Waals surface area contributed by atoms with Gasteiger partial charge >= 0.3 is 6.18 Å². The van der Waals surface area contributed by atoms with Crippen molar-refractivity contribution in [3.63, 3.8) is 0 Å². The summed E-state index contributed by atoms with van der Waals surface area (Å²) in [6, 6.07) is 13.9. The van der Waals surface area contributed by atoms with Gasteiger partial charge in [-0.2, -0.15) is 13.2 Å². The number of hydrogen-bond donors (Lipinski definition) is 2. The molecule has 2 amide bonds. The first kappa shape index (κ1) is 27.0. The predicted octanol–water partition coefficient (Wildman–Crippen LogP) is 5.93. The van der Waals surface area contributed by atoms with E-state index in [0.29, 0.717) is 51.5 Å². The summed E-state index contributed by atoms with van der Waals surface area (Å²) in [4.78, 5) is 38.4. The van der Waals surface area contributed by atoms with Crippen molar-refractivity contribution in [1.29, 1.82) is 0 Å². The van der Waals surface area contributed by atoms with Crippen molar-refractivity contribution in [2.24, 2.45) is 5.73 Å². The third-order valence-electron chi connectivity index (χ3n) is 7.56. The molecule has 1 saturated heterocycles. The van der Waals surface area contributed by atoms with Crippen molar-refractivity contribution in [2.45, 2.75) is 13.1 Å². The Morgan fingerprint density at radius 3 is 2.37 bits per heavy atom. The van der Waals surface area contributed by atoms with Gasteiger partial charge in [0.15, 0.2) is 0 Å². The van der Waals surface area contributed by atoms with Gasteiger partial charge in [-0.05, 0) is 44.3 Å². The van der Waals surface area contributed by atoms with Crippen LogP contribution in [0.1, 0.15) is 32.0 Å². The lowest BCUT2D eigenvalue weighted by atomic mass is 10.00. The number of benzene rings is 3. The molecule has 0 atom stereocenters. The van der Waals surface area contributed by atoms with Gasteiger partial charge in [0.1, 0.15) is 5.01 Å². The number of primary amides is 1. The molecule has 0 radical (unpaired) electrons. The number of amides is 2. The van der Waals surface area contributed by atoms with Gasteiger partial charge in [0.2, 0.25) is 0 Å². The van der Waals surface area contributed by atoms with Crippen molar-refractivity contribution in [3.05, 3.63) is 77.0 Å². The minimum atomic E-state index is -4.42. The number of nitrogens with one attached hydrogen (secondary N) is 1. The molecule has 41 heavy (non-hydrogen) atoms. The van der Waals surface area contributed by atoms with Crippen molar-refractivity contribution in [1.82, 2.24) is 19.8 Å². The average molecular weight is 578 g/mol. The second-order valence-corrected chi connectivity index (χ2v) is 11.3. The number of fused-ring (bicyclic) bond motifs is 3. The van der Waals surface area contributed by atoms with Gasteiger partial charge in [0.05, 0.1) is 27.2 Å². The SMILES string of the molecule is Cc1nc(-c2ccc(C(F)(F)F)cc2)sc1-c1ccc(C(N)=O)c2[nH]c3cc(C(=O)N4CCN(C)CC4)ccc3c12. The second kappa shape index (κ2) is 10.0. The van der Waals surface area contributed by atoms with E-state index in [9.17, 15) is 22.8 Å². The van der Waals surface area contributed by atoms with Crippen molar-refractivity contribution in [3.8, 4) is 21.0 Å². The summed E-state index contributed by atoms with van der Waals surface area (Å²) in [5, 5.41) is 2.16. The lowest BCUT2D eigenvalue weighted by molar-refractivity contribution is -0.137. The van der Waals surface area contributed by atoms with Gasteiger partial charge < -0.3 is 20.5 Å². The average Bonchev–Trinajstić information content (AvgIpc) is 3.52. The van der Waals surface area contributed by atoms with E-state index in [4.69, 9.17) is 5.73 Å². The molecule has 5 aromatic rings. The molecule has 3 aromatic carbocycles. The third-order valence-corrected chi connectivity index (χ3v) is 8.80. The molecule has 0 spiro atoms. The minimum Gasteiger partial charge on any atom is -0.366 e. The highest BCUT2D eigenvalue weighted by molar-refractivity contribution is 7.18. The van der Waals surface area contributed by atoms with Crippen LogP contribution in [-0.2, 0) is 6.18 Å². The molecule has 1 aliphatic heterocycles. The van der Waals surface area contributed by atoms with Crippen LogP contribution in [0.4, 0.5) is 13.2 Å². The Bertz CT molecular complexity index is 1820. The Morgan fingerprint density at radius 1 is 1.00 bits per heavy atom. The molecule has 7 nitrogen and oxygen atoms in total. The Balaban J connectivity index is 1.45. The van der Waals surface area contributed by atoms with Crippen LogP contribution in [0.25, 0.3) is 42.8 Å². The number of carbonyl (C=O) groups excluding carboxylic acids is 2. The fraction of sp³-hybridized carbons (Fsp3) is 0.233. The number of aromatic amines is 1. The molecule has 1 fully saturated rings. The first-order valence-electron chi connectivity index (χ1n) is 13.0. The Hall–Kier alpha value is -4.22. The highest BCUT2D eigenvalue weighted by Gasteiger charge is 2.30. The highest BCUT2D eigenvalue weighted by Crippen LogP contribution is 2.42. The molecule has 0 saturated carbocycles. The van der Waals surface area contributed by atoms with Crippen molar-refractivity contribution < 1.29 is 22.8 Å². The molecule has 2 aromatic heterocycles. The van der Waals surface area contributed by atoms with E-state index in [1.54, 1.807) is 18.2 Å². The largest absolute Gasteiger partial charge is 0.416 e. The fourth-order valence-corrected chi connectivity index (χ4v) is 6.41. The third kappa shape index (κ3) is 4.85. The van der Waals surface area contributed by atoms with Crippen LogP contribution in [0.5, 0.6) is 0 Å². The lowest BCUT2D eigenvalue weighted by Crippen LogP contribution is -2.47. The number of hydrogen-bond acceptors (Lipinski definition) is 5. The van der Waals surface area contributed by atoms with Crippen LogP contribution in [0.15, 0.2) is 54.6 Å². The molecule has 0 aliphatic carbocycles. The number of alkyl halides is 3. The van der Waals surface area contributed by atoms with Gasteiger partial charge in [-0.15, -0.1) is 11.3 Å². The highest BCUT2D eigenvalue weighted by atomic mass is 32.1. The Kier molecular flexibility index (Phi) is 6.58. The van der Waals surface area contributed by atoms with E-state index >= 15 is 0 Å². The zero-order valence-corrected chi connectivity index (χ0v) is 23.1. The number of aromatic nitrogens is 2. The van der Waals surface area contributed by atoms with E-state index in [1.165, 1.54) is 23.5 Å². The van der Waals surface area contributed by atoms with Gasteiger partial charge in [0, 0.05) is 59.2 Å². The van der Waals surface area contributed by atoms with Crippen LogP contribution in [0.2, 0.25) is 0 Å². The summed E-state index contributed by atoms with van der Waals surface area (Å²) >= 11 is 1.36. The number of carbonyl (C=O) groups is 2. The predicted molar refractivity (Wildman–Crippen MR) is 154 cm³/mol. The summed E-state index contributed by atoms with van der Waals surface area (Å²) in [5.74, 6) is -0.637. The van der Waals surface area contributed by atoms with Crippen LogP contribution >= 0.6 is 11.3 Å². The van der Waals surface area contributed by atoms with Gasteiger partial charge in [-0.1, -0.05) is 24.3 Å². The van der Waals surface area contributed by atoms with Gasteiger partial charge in [-0.25, -0.2) is 4.98 Å². The number of rotatable bonds is 4. The monoisotopic (exact) mass is 577 g/mol. The van der Waals surface area contributed by atoms with Crippen LogP contribution in [-0.4, -0.2) is 64.8 Å². The molecule has 3 N–H and O–H groups in total. The maximum Gasteiger partial charge on any atom is 0.416 e. The first-order valence-corrected chi connectivity index (χ1v) is 13.8. The van der Waals surface area contributed by atoms with E-state index in [1.807, 2.05) is 31.0 Å². The van der Waals surface area contributed by atoms with Gasteiger partial charge in [-0.3, -0.25) is 9.59 Å². The van der Waals surface area contributed by atoms with Crippen molar-refractivity contribution >= 4 is 45.0 Å². The number of piperazine rings is 1. The number of nitrogens with two attached hydrogens (primary N) is 1. The van der Waals surface area contributed by atoms with Crippen LogP contribution in [0.3, 0.4) is 0 Å². The molecular formula is C30H26F3N5O2S. The van der Waals surface area contributed by atoms with Gasteiger partial charge in [0.25, 0.3) is 11.8 Å². The first-order chi connectivity index (χ1) is 19.5. The quantitative estimate of drug-likeness (QED) is 0.277. The van der Waals surface area contributed by atoms with Crippen LogP contribution in [0, 0.1) is 6.92 Å². The molecule has 3 heterocycles. The lowest BCUT2D eigenvalue weighted by Gasteiger charge is -2.32. The molecule has 6 rings (SSSR count). The maximum absolute atomic E-state index is 13.2. The normalized spacial score (nSPS) is 14.7. The standard InChI is InChI=1S/C30H26F3N5O2S/c1-16-26(41-28(35-16)17-3-6-19(7-4-17)30(31,32)33)21-9-10-22(27(34)39)25-24(21)20-8-5-18(15-23(20)36-25)29(40)38-13-11-37(2)12-14-38/h3-10,15,36H,11-14H2,1-2H3,(H2,34,39). The zero-order chi connectivity index (χ0) is 29.1. The number of H-pyrrole nitrogens is 1. The maximum atomic E-state index is 13.2. The van der Waals surface area contributed by atoms with E-state index < -0.39 is 17.6 Å². The molecular weight excluding hydrogens is 551 g/mol. The number of likely N-dealkylation sites (N-methyl/N-ethyl adjacent to an activating group) is 1. The van der Waals surface area contributed by atoms with Crippen molar-refractivity contribution in [2.75, 3.05) is 33.2 Å². The molecule has 0 bridgehead atoms. The summed E-state index contributed by atoms with van der Waals surface area (Å²) < 4.78 is 39.2. The summed E-state index contributed by atoms with van der Waals surface area (Å²) in [7, 11) is 2.03. The van der Waals surface area contributed by atoms with Crippen LogP contribution < -0.4 is 5.73 Å². The van der Waals surface area contributed by atoms with E-state index in [-0.39, 0.29) is 5.91 Å². The summed E-state index contributed by atoms with van der Waals surface area (Å²) in [6.07, 6.45) is -4.42. The zero-order valence-electron chi connectivity index (χ0n) is 22.3. The summed E-state index contributed by atoms with van der Waals surface area (Å²) in [6.45, 7) is 4.78. The molecule has 11 heteroatoms. The summed E-state index contributed by atoms with van der Waals surface area (Å²) in [5.41, 5.74) is 9.20. The number of thiazole rings is 1. The number of aryl methyl sites for hydroxylation is 1. The Morgan fingerprint density at radius 2 is 1.71 bits per heavy atom. The number of nitrogens with zero attached hydrogens (tertiary/aromatic N) is 3. The minimum absolute atomic E-state index is 0.0477. The van der Waals surface area contributed by atoms with E-state index in [2.05, 4.69) is 14.9 Å². The molecule has 210 valence electrons. The Labute approximate surface area is 237 Å². The smallest absolute Gasteiger partial charge is 0.366 e. The number of halogens is 3. The molecule has 0 unspecified atom stereocenters. The topological polar surface area (TPSA) is 95.3 Å².